The monoisotopic (exact) mass is 296 g/mol. The van der Waals surface area contributed by atoms with E-state index in [9.17, 15) is 4.79 Å². The number of carbonyl (C=O) groups excluding carboxylic acids is 1. The summed E-state index contributed by atoms with van der Waals surface area (Å²) in [4.78, 5) is 18.5. The number of carbonyl (C=O) groups is 1. The molecule has 0 radical (unpaired) electrons. The number of hydrogen-bond donors (Lipinski definition) is 0. The van der Waals surface area contributed by atoms with Gasteiger partial charge in [-0.25, -0.2) is 4.98 Å². The molecule has 20 heavy (non-hydrogen) atoms. The number of alkyl halides is 1. The first-order valence-corrected chi connectivity index (χ1v) is 7.41. The van der Waals surface area contributed by atoms with Crippen LogP contribution in [0.1, 0.15) is 26.0 Å². The number of pyridine rings is 1. The molecule has 0 aliphatic carbocycles. The van der Waals surface area contributed by atoms with Gasteiger partial charge in [-0.3, -0.25) is 4.79 Å². The molecular weight excluding hydrogens is 276 g/mol. The number of halogens is 1. The first-order valence-electron chi connectivity index (χ1n) is 6.88. The summed E-state index contributed by atoms with van der Waals surface area (Å²) in [5.74, 6) is 1.05. The lowest BCUT2D eigenvalue weighted by molar-refractivity contribution is -0.138. The summed E-state index contributed by atoms with van der Waals surface area (Å²) in [6, 6.07) is 5.70. The van der Waals surface area contributed by atoms with E-state index < -0.39 is 5.41 Å². The summed E-state index contributed by atoms with van der Waals surface area (Å²) < 4.78 is 5.84. The van der Waals surface area contributed by atoms with Crippen molar-refractivity contribution in [1.29, 1.82) is 0 Å². The van der Waals surface area contributed by atoms with Gasteiger partial charge in [0.15, 0.2) is 0 Å². The number of aryl methyl sites for hydroxylation is 1. The van der Waals surface area contributed by atoms with Crippen molar-refractivity contribution in [2.45, 2.75) is 33.3 Å². The molecule has 1 amide bonds. The SMILES string of the molecule is Cc1cccc(OC2CCN(C(=O)C(C)(C)CCl)C2)n1. The van der Waals surface area contributed by atoms with Gasteiger partial charge in [0.25, 0.3) is 0 Å². The van der Waals surface area contributed by atoms with Crippen molar-refractivity contribution in [3.63, 3.8) is 0 Å². The van der Waals surface area contributed by atoms with E-state index >= 15 is 0 Å². The number of nitrogens with zero attached hydrogens (tertiary/aromatic N) is 2. The van der Waals surface area contributed by atoms with Gasteiger partial charge in [0, 0.05) is 30.6 Å². The van der Waals surface area contributed by atoms with Gasteiger partial charge in [-0.15, -0.1) is 11.6 Å². The van der Waals surface area contributed by atoms with Crippen LogP contribution in [0.3, 0.4) is 0 Å². The van der Waals surface area contributed by atoms with Crippen molar-refractivity contribution in [1.82, 2.24) is 9.88 Å². The zero-order chi connectivity index (χ0) is 14.8. The molecule has 1 saturated heterocycles. The average molecular weight is 297 g/mol. The van der Waals surface area contributed by atoms with E-state index in [2.05, 4.69) is 4.98 Å². The Morgan fingerprint density at radius 1 is 1.55 bits per heavy atom. The summed E-state index contributed by atoms with van der Waals surface area (Å²) in [6.45, 7) is 7.00. The summed E-state index contributed by atoms with van der Waals surface area (Å²) in [7, 11) is 0. The molecule has 0 N–H and O–H groups in total. The largest absolute Gasteiger partial charge is 0.472 e. The Morgan fingerprint density at radius 3 is 2.95 bits per heavy atom. The Hall–Kier alpha value is -1.29. The van der Waals surface area contributed by atoms with Gasteiger partial charge in [-0.1, -0.05) is 6.07 Å². The summed E-state index contributed by atoms with van der Waals surface area (Å²) in [5.41, 5.74) is 0.412. The average Bonchev–Trinajstić information content (AvgIpc) is 2.86. The first kappa shape index (κ1) is 15.1. The highest BCUT2D eigenvalue weighted by Gasteiger charge is 2.36. The Balaban J connectivity index is 1.94. The van der Waals surface area contributed by atoms with E-state index in [1.165, 1.54) is 0 Å². The number of rotatable bonds is 4. The molecule has 1 unspecified atom stereocenters. The van der Waals surface area contributed by atoms with Gasteiger partial charge in [-0.2, -0.15) is 0 Å². The molecule has 110 valence electrons. The second-order valence-corrected chi connectivity index (χ2v) is 6.18. The predicted molar refractivity (Wildman–Crippen MR) is 79.1 cm³/mol. The fourth-order valence-electron chi connectivity index (χ4n) is 2.25. The maximum Gasteiger partial charge on any atom is 0.229 e. The second kappa shape index (κ2) is 6.00. The molecule has 1 atom stereocenters. The van der Waals surface area contributed by atoms with Crippen LogP contribution in [0.2, 0.25) is 0 Å². The third-order valence-corrected chi connectivity index (χ3v) is 4.16. The van der Waals surface area contributed by atoms with E-state index in [0.29, 0.717) is 18.3 Å². The quantitative estimate of drug-likeness (QED) is 0.802. The van der Waals surface area contributed by atoms with E-state index in [0.717, 1.165) is 18.7 Å². The van der Waals surface area contributed by atoms with Crippen LogP contribution in [0.4, 0.5) is 0 Å². The van der Waals surface area contributed by atoms with E-state index in [-0.39, 0.29) is 12.0 Å². The third-order valence-electron chi connectivity index (χ3n) is 3.50. The number of ether oxygens (including phenoxy) is 1. The highest BCUT2D eigenvalue weighted by atomic mass is 35.5. The Kier molecular flexibility index (Phi) is 4.53. The smallest absolute Gasteiger partial charge is 0.229 e. The molecule has 0 saturated carbocycles. The molecule has 2 heterocycles. The standard InChI is InChI=1S/C15H21ClN2O2/c1-11-5-4-6-13(17-11)20-12-7-8-18(9-12)14(19)15(2,3)10-16/h4-6,12H,7-10H2,1-3H3. The number of aromatic nitrogens is 1. The molecule has 2 rings (SSSR count). The van der Waals surface area contributed by atoms with Gasteiger partial charge in [0.05, 0.1) is 12.0 Å². The van der Waals surface area contributed by atoms with Crippen LogP contribution >= 0.6 is 11.6 Å². The van der Waals surface area contributed by atoms with Crippen LogP contribution in [-0.2, 0) is 4.79 Å². The van der Waals surface area contributed by atoms with Crippen LogP contribution in [-0.4, -0.2) is 40.9 Å². The minimum Gasteiger partial charge on any atom is -0.472 e. The Morgan fingerprint density at radius 2 is 2.30 bits per heavy atom. The fourth-order valence-corrected chi connectivity index (χ4v) is 2.36. The van der Waals surface area contributed by atoms with Crippen LogP contribution in [0, 0.1) is 12.3 Å². The highest BCUT2D eigenvalue weighted by molar-refractivity contribution is 6.19. The normalized spacial score (nSPS) is 19.2. The van der Waals surface area contributed by atoms with Gasteiger partial charge in [-0.05, 0) is 26.8 Å². The van der Waals surface area contributed by atoms with E-state index in [4.69, 9.17) is 16.3 Å². The molecule has 4 nitrogen and oxygen atoms in total. The molecule has 1 aromatic rings. The first-order chi connectivity index (χ1) is 9.42. The molecule has 5 heteroatoms. The van der Waals surface area contributed by atoms with Gasteiger partial charge < -0.3 is 9.64 Å². The zero-order valence-corrected chi connectivity index (χ0v) is 13.0. The highest BCUT2D eigenvalue weighted by Crippen LogP contribution is 2.25. The Bertz CT molecular complexity index is 491. The maximum atomic E-state index is 12.3. The third kappa shape index (κ3) is 3.42. The summed E-state index contributed by atoms with van der Waals surface area (Å²) in [5, 5.41) is 0. The number of likely N-dealkylation sites (tertiary alicyclic amines) is 1. The van der Waals surface area contributed by atoms with E-state index in [1.54, 1.807) is 0 Å². The van der Waals surface area contributed by atoms with Crippen molar-refractivity contribution in [3.8, 4) is 5.88 Å². The van der Waals surface area contributed by atoms with Crippen LogP contribution in [0.25, 0.3) is 0 Å². The summed E-state index contributed by atoms with van der Waals surface area (Å²) >= 11 is 5.86. The van der Waals surface area contributed by atoms with Crippen LogP contribution in [0.5, 0.6) is 5.88 Å². The number of hydrogen-bond acceptors (Lipinski definition) is 3. The van der Waals surface area contributed by atoms with Crippen molar-refractivity contribution in [3.05, 3.63) is 23.9 Å². The molecular formula is C15H21ClN2O2. The molecule has 0 spiro atoms. The fraction of sp³-hybridized carbons (Fsp3) is 0.600. The summed E-state index contributed by atoms with van der Waals surface area (Å²) in [6.07, 6.45) is 0.846. The Labute approximate surface area is 125 Å². The van der Waals surface area contributed by atoms with Gasteiger partial charge in [0.1, 0.15) is 6.10 Å². The molecule has 1 aliphatic heterocycles. The van der Waals surface area contributed by atoms with Crippen molar-refractivity contribution >= 4 is 17.5 Å². The zero-order valence-electron chi connectivity index (χ0n) is 12.2. The second-order valence-electron chi connectivity index (χ2n) is 5.91. The molecule has 0 bridgehead atoms. The lowest BCUT2D eigenvalue weighted by Crippen LogP contribution is -2.41. The van der Waals surface area contributed by atoms with Gasteiger partial charge in [0.2, 0.25) is 11.8 Å². The molecule has 0 aromatic carbocycles. The minimum absolute atomic E-state index is 0.0133. The molecule has 1 aliphatic rings. The topological polar surface area (TPSA) is 42.4 Å². The van der Waals surface area contributed by atoms with Crippen molar-refractivity contribution < 1.29 is 9.53 Å². The van der Waals surface area contributed by atoms with Gasteiger partial charge >= 0.3 is 0 Å². The lowest BCUT2D eigenvalue weighted by atomic mass is 9.94. The van der Waals surface area contributed by atoms with Crippen molar-refractivity contribution in [2.24, 2.45) is 5.41 Å². The minimum atomic E-state index is -0.516. The number of amides is 1. The molecule has 1 aromatic heterocycles. The van der Waals surface area contributed by atoms with Crippen LogP contribution < -0.4 is 4.74 Å². The molecule has 1 fully saturated rings. The van der Waals surface area contributed by atoms with E-state index in [1.807, 2.05) is 43.9 Å². The maximum absolute atomic E-state index is 12.3. The van der Waals surface area contributed by atoms with Crippen molar-refractivity contribution in [2.75, 3.05) is 19.0 Å². The van der Waals surface area contributed by atoms with Crippen LogP contribution in [0.15, 0.2) is 18.2 Å². The predicted octanol–water partition coefficient (Wildman–Crippen LogP) is 2.63. The lowest BCUT2D eigenvalue weighted by Gasteiger charge is -2.27.